The fraction of sp³-hybridized carbons (Fsp3) is 0.571. The zero-order chi connectivity index (χ0) is 13.1. The number of nitrogens with zero attached hydrogens (tertiary/aromatic N) is 1. The molecule has 4 nitrogen and oxygen atoms in total. The molecule has 0 aliphatic carbocycles. The van der Waals surface area contributed by atoms with Crippen LogP contribution < -0.4 is 10.1 Å². The molecule has 5 heteroatoms. The summed E-state index contributed by atoms with van der Waals surface area (Å²) in [7, 11) is 0. The van der Waals surface area contributed by atoms with E-state index in [1.54, 1.807) is 12.1 Å². The van der Waals surface area contributed by atoms with Gasteiger partial charge in [0.2, 0.25) is 0 Å². The molecular weight excluding hydrogens is 260 g/mol. The Hall–Kier alpha value is -0.910. The summed E-state index contributed by atoms with van der Waals surface area (Å²) in [5.74, 6) is 3.60. The fourth-order valence-corrected chi connectivity index (χ4v) is 3.57. The molecule has 1 unspecified atom stereocenters. The van der Waals surface area contributed by atoms with Gasteiger partial charge < -0.3 is 20.1 Å². The first kappa shape index (κ1) is 13.1. The monoisotopic (exact) mass is 280 g/mol. The highest BCUT2D eigenvalue weighted by Crippen LogP contribution is 2.34. The van der Waals surface area contributed by atoms with Gasteiger partial charge in [-0.2, -0.15) is 11.8 Å². The predicted molar refractivity (Wildman–Crippen MR) is 78.1 cm³/mol. The molecule has 1 atom stereocenters. The van der Waals surface area contributed by atoms with Gasteiger partial charge in [0.15, 0.2) is 0 Å². The largest absolute Gasteiger partial charge is 0.508 e. The summed E-state index contributed by atoms with van der Waals surface area (Å²) in [4.78, 5) is 2.51. The number of phenolic OH excluding ortho intramolecular Hbond substituents is 1. The topological polar surface area (TPSA) is 44.7 Å². The summed E-state index contributed by atoms with van der Waals surface area (Å²) in [6.07, 6.45) is 0. The number of nitrogens with one attached hydrogen (secondary N) is 1. The van der Waals surface area contributed by atoms with Crippen LogP contribution >= 0.6 is 11.8 Å². The summed E-state index contributed by atoms with van der Waals surface area (Å²) < 4.78 is 5.59. The molecule has 1 aromatic rings. The zero-order valence-electron chi connectivity index (χ0n) is 11.0. The SMILES string of the molecule is Oc1ccc2c(c1)OCC2NCCN1CCSCC1. The van der Waals surface area contributed by atoms with E-state index in [0.29, 0.717) is 6.61 Å². The third kappa shape index (κ3) is 3.16. The molecule has 0 saturated carbocycles. The second kappa shape index (κ2) is 6.03. The maximum atomic E-state index is 9.42. The van der Waals surface area contributed by atoms with E-state index in [1.165, 1.54) is 24.6 Å². The van der Waals surface area contributed by atoms with Crippen molar-refractivity contribution in [1.82, 2.24) is 10.2 Å². The van der Waals surface area contributed by atoms with E-state index >= 15 is 0 Å². The molecule has 3 rings (SSSR count). The number of phenols is 1. The molecule has 1 saturated heterocycles. The highest BCUT2D eigenvalue weighted by molar-refractivity contribution is 7.99. The molecule has 2 aliphatic rings. The minimum atomic E-state index is 0.259. The maximum absolute atomic E-state index is 9.42. The Bertz CT molecular complexity index is 435. The molecule has 2 N–H and O–H groups in total. The molecule has 0 spiro atoms. The molecule has 1 aromatic carbocycles. The van der Waals surface area contributed by atoms with E-state index in [-0.39, 0.29) is 11.8 Å². The number of thioether (sulfide) groups is 1. The van der Waals surface area contributed by atoms with Gasteiger partial charge in [-0.25, -0.2) is 0 Å². The van der Waals surface area contributed by atoms with Gasteiger partial charge in [0.25, 0.3) is 0 Å². The van der Waals surface area contributed by atoms with Crippen molar-refractivity contribution in [3.05, 3.63) is 23.8 Å². The number of rotatable bonds is 4. The number of hydrogen-bond donors (Lipinski definition) is 2. The first-order valence-electron chi connectivity index (χ1n) is 6.82. The molecule has 2 aliphatic heterocycles. The Morgan fingerprint density at radius 1 is 1.37 bits per heavy atom. The Balaban J connectivity index is 1.49. The van der Waals surface area contributed by atoms with Crippen LogP contribution in [0.15, 0.2) is 18.2 Å². The lowest BCUT2D eigenvalue weighted by Crippen LogP contribution is -2.38. The van der Waals surface area contributed by atoms with Crippen molar-refractivity contribution in [3.8, 4) is 11.5 Å². The second-order valence-electron chi connectivity index (χ2n) is 4.99. The van der Waals surface area contributed by atoms with Crippen LogP contribution in [0.1, 0.15) is 11.6 Å². The van der Waals surface area contributed by atoms with E-state index in [2.05, 4.69) is 10.2 Å². The zero-order valence-corrected chi connectivity index (χ0v) is 11.8. The van der Waals surface area contributed by atoms with Crippen molar-refractivity contribution >= 4 is 11.8 Å². The Labute approximate surface area is 118 Å². The van der Waals surface area contributed by atoms with Gasteiger partial charge in [-0.3, -0.25) is 0 Å². The normalized spacial score (nSPS) is 23.1. The summed E-state index contributed by atoms with van der Waals surface area (Å²) in [5, 5.41) is 13.0. The van der Waals surface area contributed by atoms with Gasteiger partial charge >= 0.3 is 0 Å². The van der Waals surface area contributed by atoms with Crippen LogP contribution in [0.2, 0.25) is 0 Å². The Morgan fingerprint density at radius 2 is 2.21 bits per heavy atom. The number of benzene rings is 1. The first-order chi connectivity index (χ1) is 9.33. The van der Waals surface area contributed by atoms with Crippen molar-refractivity contribution in [1.29, 1.82) is 0 Å². The summed E-state index contributed by atoms with van der Waals surface area (Å²) >= 11 is 2.04. The average molecular weight is 280 g/mol. The molecule has 0 amide bonds. The van der Waals surface area contributed by atoms with Crippen molar-refractivity contribution < 1.29 is 9.84 Å². The van der Waals surface area contributed by atoms with E-state index in [4.69, 9.17) is 4.74 Å². The van der Waals surface area contributed by atoms with E-state index < -0.39 is 0 Å². The minimum absolute atomic E-state index is 0.259. The Kier molecular flexibility index (Phi) is 4.15. The molecular formula is C14H20N2O2S. The fourth-order valence-electron chi connectivity index (χ4n) is 2.59. The number of ether oxygens (including phenoxy) is 1. The molecule has 1 fully saturated rings. The van der Waals surface area contributed by atoms with Crippen LogP contribution in [0.5, 0.6) is 11.5 Å². The summed E-state index contributed by atoms with van der Waals surface area (Å²) in [6.45, 7) is 5.16. The second-order valence-corrected chi connectivity index (χ2v) is 6.22. The highest BCUT2D eigenvalue weighted by Gasteiger charge is 2.24. The predicted octanol–water partition coefficient (Wildman–Crippen LogP) is 1.46. The van der Waals surface area contributed by atoms with Crippen LogP contribution in [0, 0.1) is 0 Å². The minimum Gasteiger partial charge on any atom is -0.508 e. The van der Waals surface area contributed by atoms with Crippen molar-refractivity contribution in [2.45, 2.75) is 6.04 Å². The van der Waals surface area contributed by atoms with Crippen LogP contribution in [-0.4, -0.2) is 54.3 Å². The van der Waals surface area contributed by atoms with Gasteiger partial charge in [-0.15, -0.1) is 0 Å². The maximum Gasteiger partial charge on any atom is 0.127 e. The van der Waals surface area contributed by atoms with Crippen LogP contribution in [0.25, 0.3) is 0 Å². The third-order valence-electron chi connectivity index (χ3n) is 3.70. The molecule has 0 aromatic heterocycles. The van der Waals surface area contributed by atoms with Crippen molar-refractivity contribution in [3.63, 3.8) is 0 Å². The first-order valence-corrected chi connectivity index (χ1v) is 7.97. The standard InChI is InChI=1S/C14H20N2O2S/c17-11-1-2-12-13(10-18-14(12)9-11)15-3-4-16-5-7-19-8-6-16/h1-2,9,13,15,17H,3-8,10H2. The smallest absolute Gasteiger partial charge is 0.127 e. The van der Waals surface area contributed by atoms with E-state index in [1.807, 2.05) is 17.8 Å². The van der Waals surface area contributed by atoms with Crippen LogP contribution in [0.4, 0.5) is 0 Å². The quantitative estimate of drug-likeness (QED) is 0.874. The van der Waals surface area contributed by atoms with Gasteiger partial charge in [0, 0.05) is 49.3 Å². The highest BCUT2D eigenvalue weighted by atomic mass is 32.2. The van der Waals surface area contributed by atoms with Gasteiger partial charge in [-0.05, 0) is 12.1 Å². The molecule has 2 heterocycles. The third-order valence-corrected chi connectivity index (χ3v) is 4.64. The van der Waals surface area contributed by atoms with Gasteiger partial charge in [0.05, 0.1) is 6.04 Å². The van der Waals surface area contributed by atoms with Crippen molar-refractivity contribution in [2.75, 3.05) is 44.3 Å². The van der Waals surface area contributed by atoms with Gasteiger partial charge in [-0.1, -0.05) is 0 Å². The lowest BCUT2D eigenvalue weighted by molar-refractivity contribution is 0.277. The lowest BCUT2D eigenvalue weighted by Gasteiger charge is -2.26. The van der Waals surface area contributed by atoms with E-state index in [9.17, 15) is 5.11 Å². The average Bonchev–Trinajstić information content (AvgIpc) is 2.82. The van der Waals surface area contributed by atoms with Crippen molar-refractivity contribution in [2.24, 2.45) is 0 Å². The molecule has 0 radical (unpaired) electrons. The Morgan fingerprint density at radius 3 is 3.05 bits per heavy atom. The van der Waals surface area contributed by atoms with Gasteiger partial charge in [0.1, 0.15) is 18.1 Å². The van der Waals surface area contributed by atoms with E-state index in [0.717, 1.165) is 24.4 Å². The number of hydrogen-bond acceptors (Lipinski definition) is 5. The summed E-state index contributed by atoms with van der Waals surface area (Å²) in [5.41, 5.74) is 1.16. The molecule has 0 bridgehead atoms. The lowest BCUT2D eigenvalue weighted by atomic mass is 10.1. The van der Waals surface area contributed by atoms with Crippen LogP contribution in [-0.2, 0) is 0 Å². The molecule has 19 heavy (non-hydrogen) atoms. The number of aromatic hydroxyl groups is 1. The number of fused-ring (bicyclic) bond motifs is 1. The molecule has 104 valence electrons. The van der Waals surface area contributed by atoms with Crippen LogP contribution in [0.3, 0.4) is 0 Å². The summed E-state index contributed by atoms with van der Waals surface area (Å²) in [6, 6.07) is 5.63.